The fourth-order valence-electron chi connectivity index (χ4n) is 2.35. The number of imide groups is 1. The number of carbonyl (C=O) groups excluding carboxylic acids is 3. The molecule has 2 aromatic rings. The molecule has 3 amide bonds. The molecule has 1 N–H and O–H groups in total. The summed E-state index contributed by atoms with van der Waals surface area (Å²) >= 11 is 2.25. The van der Waals surface area contributed by atoms with E-state index in [0.29, 0.717) is 23.3 Å². The minimum atomic E-state index is -0.264. The van der Waals surface area contributed by atoms with Gasteiger partial charge in [0.1, 0.15) is 0 Å². The summed E-state index contributed by atoms with van der Waals surface area (Å²) < 4.78 is 7.22. The summed E-state index contributed by atoms with van der Waals surface area (Å²) in [6.45, 7) is 3.02. The first-order valence-corrected chi connectivity index (χ1v) is 9.91. The third-order valence-corrected chi connectivity index (χ3v) is 5.43. The predicted octanol–water partition coefficient (Wildman–Crippen LogP) is 1.46. The molecule has 0 radical (unpaired) electrons. The minimum absolute atomic E-state index is 0.160. The van der Waals surface area contributed by atoms with Crippen LogP contribution >= 0.6 is 23.5 Å². The van der Waals surface area contributed by atoms with E-state index in [0.717, 1.165) is 16.7 Å². The van der Waals surface area contributed by atoms with Crippen LogP contribution in [0.1, 0.15) is 6.92 Å². The van der Waals surface area contributed by atoms with Gasteiger partial charge in [-0.2, -0.15) is 0 Å². The summed E-state index contributed by atoms with van der Waals surface area (Å²) in [6.07, 6.45) is 1.57. The Balaban J connectivity index is 1.49. The molecular formula is C15H17N5O4S2. The van der Waals surface area contributed by atoms with Gasteiger partial charge in [-0.1, -0.05) is 23.5 Å². The van der Waals surface area contributed by atoms with Gasteiger partial charge in [-0.15, -0.1) is 10.2 Å². The van der Waals surface area contributed by atoms with E-state index in [2.05, 4.69) is 15.5 Å². The van der Waals surface area contributed by atoms with Gasteiger partial charge in [0.05, 0.1) is 17.8 Å². The lowest BCUT2D eigenvalue weighted by atomic mass is 10.4. The van der Waals surface area contributed by atoms with Crippen molar-refractivity contribution in [1.29, 1.82) is 0 Å². The molecule has 1 aliphatic rings. The number of hydrogen-bond acceptors (Lipinski definition) is 8. The van der Waals surface area contributed by atoms with Crippen LogP contribution in [0.3, 0.4) is 0 Å². The summed E-state index contributed by atoms with van der Waals surface area (Å²) in [4.78, 5) is 36.1. The standard InChI is InChI=1S/C15H17N5O4S2/c1-2-19-13(10-4-3-7-24-10)17-18-14(19)25-8-11(21)16-5-6-20-12(22)9-26-15(20)23/h3-4,7H,2,5-6,8-9H2,1H3,(H,16,21). The maximum absolute atomic E-state index is 12.0. The zero-order valence-corrected chi connectivity index (χ0v) is 15.6. The van der Waals surface area contributed by atoms with E-state index in [9.17, 15) is 14.4 Å². The number of nitrogens with zero attached hydrogens (tertiary/aromatic N) is 4. The molecule has 1 aliphatic heterocycles. The van der Waals surface area contributed by atoms with Crippen LogP contribution in [0.4, 0.5) is 4.79 Å². The van der Waals surface area contributed by atoms with Gasteiger partial charge >= 0.3 is 0 Å². The van der Waals surface area contributed by atoms with E-state index in [1.54, 1.807) is 18.4 Å². The van der Waals surface area contributed by atoms with Crippen molar-refractivity contribution in [2.75, 3.05) is 24.6 Å². The number of thioether (sulfide) groups is 2. The number of furan rings is 1. The van der Waals surface area contributed by atoms with Crippen LogP contribution in [0.5, 0.6) is 0 Å². The summed E-state index contributed by atoms with van der Waals surface area (Å²) in [5, 5.41) is 11.3. The Morgan fingerprint density at radius 3 is 2.92 bits per heavy atom. The monoisotopic (exact) mass is 395 g/mol. The number of carbonyl (C=O) groups is 3. The number of aromatic nitrogens is 3. The molecule has 0 bridgehead atoms. The second kappa shape index (κ2) is 8.41. The number of hydrogen-bond donors (Lipinski definition) is 1. The van der Waals surface area contributed by atoms with Gasteiger partial charge in [-0.3, -0.25) is 23.9 Å². The molecule has 11 heteroatoms. The quantitative estimate of drug-likeness (QED) is 0.669. The summed E-state index contributed by atoms with van der Waals surface area (Å²) in [7, 11) is 0. The van der Waals surface area contributed by atoms with E-state index in [4.69, 9.17) is 4.42 Å². The largest absolute Gasteiger partial charge is 0.461 e. The summed E-state index contributed by atoms with van der Waals surface area (Å²) in [5.41, 5.74) is 0. The second-order valence-corrected chi connectivity index (χ2v) is 7.14. The number of amides is 3. The first kappa shape index (κ1) is 18.5. The van der Waals surface area contributed by atoms with Crippen molar-refractivity contribution in [1.82, 2.24) is 25.0 Å². The third kappa shape index (κ3) is 4.10. The molecule has 0 aromatic carbocycles. The van der Waals surface area contributed by atoms with Crippen LogP contribution in [-0.2, 0) is 16.1 Å². The molecule has 9 nitrogen and oxygen atoms in total. The lowest BCUT2D eigenvalue weighted by Gasteiger charge is -2.13. The molecule has 138 valence electrons. The van der Waals surface area contributed by atoms with Gasteiger partial charge in [0.25, 0.3) is 5.24 Å². The van der Waals surface area contributed by atoms with E-state index < -0.39 is 0 Å². The Labute approximate surface area is 157 Å². The van der Waals surface area contributed by atoms with Gasteiger partial charge in [-0.05, 0) is 19.1 Å². The Hall–Kier alpha value is -2.27. The van der Waals surface area contributed by atoms with Crippen LogP contribution < -0.4 is 5.32 Å². The fraction of sp³-hybridized carbons (Fsp3) is 0.400. The molecule has 26 heavy (non-hydrogen) atoms. The van der Waals surface area contributed by atoms with Crippen LogP contribution in [0.25, 0.3) is 11.6 Å². The highest BCUT2D eigenvalue weighted by molar-refractivity contribution is 8.14. The maximum atomic E-state index is 12.0. The Morgan fingerprint density at radius 1 is 1.42 bits per heavy atom. The van der Waals surface area contributed by atoms with E-state index in [1.807, 2.05) is 11.5 Å². The summed E-state index contributed by atoms with van der Waals surface area (Å²) in [5.74, 6) is 1.15. The van der Waals surface area contributed by atoms with Gasteiger partial charge < -0.3 is 9.73 Å². The van der Waals surface area contributed by atoms with Crippen LogP contribution in [0, 0.1) is 0 Å². The van der Waals surface area contributed by atoms with Gasteiger partial charge in [-0.25, -0.2) is 0 Å². The molecule has 3 heterocycles. The SMILES string of the molecule is CCn1c(SCC(=O)NCCN2C(=O)CSC2=O)nnc1-c1ccco1. The van der Waals surface area contributed by atoms with Crippen LogP contribution in [0.2, 0.25) is 0 Å². The topological polar surface area (TPSA) is 110 Å². The molecule has 0 spiro atoms. The van der Waals surface area contributed by atoms with Gasteiger partial charge in [0.15, 0.2) is 16.7 Å². The zero-order valence-electron chi connectivity index (χ0n) is 14.0. The molecule has 0 saturated carbocycles. The molecule has 3 rings (SSSR count). The Bertz CT molecular complexity index is 789. The highest BCUT2D eigenvalue weighted by atomic mass is 32.2. The lowest BCUT2D eigenvalue weighted by Crippen LogP contribution is -2.38. The molecule has 1 fully saturated rings. The average Bonchev–Trinajstić information content (AvgIpc) is 3.35. The van der Waals surface area contributed by atoms with Crippen molar-refractivity contribution >= 4 is 40.6 Å². The highest BCUT2D eigenvalue weighted by Crippen LogP contribution is 2.24. The van der Waals surface area contributed by atoms with Crippen molar-refractivity contribution in [3.8, 4) is 11.6 Å². The maximum Gasteiger partial charge on any atom is 0.288 e. The third-order valence-electron chi connectivity index (χ3n) is 3.61. The van der Waals surface area contributed by atoms with Gasteiger partial charge in [0.2, 0.25) is 11.8 Å². The predicted molar refractivity (Wildman–Crippen MR) is 96.7 cm³/mol. The smallest absolute Gasteiger partial charge is 0.288 e. The molecule has 0 aliphatic carbocycles. The normalized spacial score (nSPS) is 14.3. The molecule has 0 atom stereocenters. The second-order valence-electron chi connectivity index (χ2n) is 5.27. The number of rotatable bonds is 8. The average molecular weight is 395 g/mol. The molecular weight excluding hydrogens is 378 g/mol. The van der Waals surface area contributed by atoms with E-state index >= 15 is 0 Å². The van der Waals surface area contributed by atoms with Crippen molar-refractivity contribution in [2.45, 2.75) is 18.6 Å². The number of nitrogens with one attached hydrogen (secondary N) is 1. The van der Waals surface area contributed by atoms with Crippen LogP contribution in [0.15, 0.2) is 28.0 Å². The first-order chi connectivity index (χ1) is 12.6. The first-order valence-electron chi connectivity index (χ1n) is 7.94. The molecule has 0 unspecified atom stereocenters. The van der Waals surface area contributed by atoms with Crippen molar-refractivity contribution in [2.24, 2.45) is 0 Å². The zero-order chi connectivity index (χ0) is 18.5. The molecule has 1 saturated heterocycles. The lowest BCUT2D eigenvalue weighted by molar-refractivity contribution is -0.125. The fourth-order valence-corrected chi connectivity index (χ4v) is 3.94. The Morgan fingerprint density at radius 2 is 2.27 bits per heavy atom. The Kier molecular flexibility index (Phi) is 5.99. The minimum Gasteiger partial charge on any atom is -0.461 e. The summed E-state index contributed by atoms with van der Waals surface area (Å²) in [6, 6.07) is 3.58. The molecule has 2 aromatic heterocycles. The van der Waals surface area contributed by atoms with Gasteiger partial charge in [0, 0.05) is 19.6 Å². The van der Waals surface area contributed by atoms with Crippen molar-refractivity contribution in [3.63, 3.8) is 0 Å². The van der Waals surface area contributed by atoms with E-state index in [-0.39, 0.29) is 41.6 Å². The van der Waals surface area contributed by atoms with Crippen molar-refractivity contribution in [3.05, 3.63) is 18.4 Å². The highest BCUT2D eigenvalue weighted by Gasteiger charge is 2.29. The van der Waals surface area contributed by atoms with Crippen molar-refractivity contribution < 1.29 is 18.8 Å². The van der Waals surface area contributed by atoms with E-state index in [1.165, 1.54) is 11.8 Å². The van der Waals surface area contributed by atoms with Crippen LogP contribution in [-0.4, -0.2) is 61.3 Å².